The highest BCUT2D eigenvalue weighted by Gasteiger charge is 2.11. The first-order valence-corrected chi connectivity index (χ1v) is 7.14. The lowest BCUT2D eigenvalue weighted by atomic mass is 10.2. The summed E-state index contributed by atoms with van der Waals surface area (Å²) in [6, 6.07) is 5.60. The Morgan fingerprint density at radius 3 is 2.85 bits per heavy atom. The minimum Gasteiger partial charge on any atom is -0.459 e. The molecule has 1 amide bonds. The number of hydrogen-bond donors (Lipinski definition) is 2. The second-order valence-electron chi connectivity index (χ2n) is 4.33. The van der Waals surface area contributed by atoms with E-state index in [9.17, 15) is 4.79 Å². The van der Waals surface area contributed by atoms with Gasteiger partial charge in [0, 0.05) is 29.3 Å². The van der Waals surface area contributed by atoms with Crippen molar-refractivity contribution in [2.75, 3.05) is 18.4 Å². The van der Waals surface area contributed by atoms with Crippen molar-refractivity contribution in [1.82, 2.24) is 10.3 Å². The van der Waals surface area contributed by atoms with Crippen molar-refractivity contribution in [2.24, 2.45) is 0 Å². The Bertz CT molecular complexity index is 566. The quantitative estimate of drug-likeness (QED) is 0.795. The summed E-state index contributed by atoms with van der Waals surface area (Å²) in [7, 11) is 0. The molecule has 6 heteroatoms. The second kappa shape index (κ2) is 7.09. The predicted octanol–water partition coefficient (Wildman–Crippen LogP) is 2.98. The van der Waals surface area contributed by atoms with Gasteiger partial charge in [-0.3, -0.25) is 4.79 Å². The van der Waals surface area contributed by atoms with Gasteiger partial charge in [-0.1, -0.05) is 0 Å². The van der Waals surface area contributed by atoms with Crippen molar-refractivity contribution in [1.29, 1.82) is 0 Å². The Morgan fingerprint density at radius 2 is 2.20 bits per heavy atom. The maximum atomic E-state index is 11.8. The number of aromatic nitrogens is 1. The third-order valence-electron chi connectivity index (χ3n) is 2.74. The van der Waals surface area contributed by atoms with E-state index in [1.807, 2.05) is 19.1 Å². The Hall–Kier alpha value is -1.82. The Balaban J connectivity index is 1.66. The number of pyridine rings is 1. The van der Waals surface area contributed by atoms with Gasteiger partial charge in [0.15, 0.2) is 5.76 Å². The normalized spacial score (nSPS) is 10.3. The van der Waals surface area contributed by atoms with E-state index in [0.717, 1.165) is 28.8 Å². The third kappa shape index (κ3) is 4.09. The van der Waals surface area contributed by atoms with Gasteiger partial charge < -0.3 is 15.1 Å². The van der Waals surface area contributed by atoms with Crippen LogP contribution in [0, 0.1) is 6.92 Å². The number of rotatable bonds is 6. The summed E-state index contributed by atoms with van der Waals surface area (Å²) in [5.74, 6) is 1.03. The molecule has 0 bridgehead atoms. The average Bonchev–Trinajstić information content (AvgIpc) is 2.86. The van der Waals surface area contributed by atoms with Crippen molar-refractivity contribution in [2.45, 2.75) is 13.3 Å². The molecule has 0 atom stereocenters. The molecule has 2 heterocycles. The summed E-state index contributed by atoms with van der Waals surface area (Å²) < 4.78 is 6.07. The van der Waals surface area contributed by atoms with Gasteiger partial charge in [-0.25, -0.2) is 4.98 Å². The predicted molar refractivity (Wildman–Crippen MR) is 80.8 cm³/mol. The van der Waals surface area contributed by atoms with Crippen molar-refractivity contribution < 1.29 is 9.21 Å². The number of carbonyl (C=O) groups excluding carboxylic acids is 1. The van der Waals surface area contributed by atoms with Crippen molar-refractivity contribution in [3.05, 3.63) is 46.5 Å². The summed E-state index contributed by atoms with van der Waals surface area (Å²) in [4.78, 5) is 16.0. The van der Waals surface area contributed by atoms with Crippen molar-refractivity contribution >= 4 is 27.7 Å². The monoisotopic (exact) mass is 337 g/mol. The van der Waals surface area contributed by atoms with Crippen LogP contribution in [0.1, 0.15) is 22.5 Å². The fourth-order valence-electron chi connectivity index (χ4n) is 1.67. The summed E-state index contributed by atoms with van der Waals surface area (Å²) in [5.41, 5.74) is 0.847. The van der Waals surface area contributed by atoms with Crippen LogP contribution in [-0.2, 0) is 0 Å². The molecule has 0 aromatic carbocycles. The van der Waals surface area contributed by atoms with E-state index in [-0.39, 0.29) is 5.91 Å². The first-order valence-electron chi connectivity index (χ1n) is 6.34. The Kier molecular flexibility index (Phi) is 5.17. The van der Waals surface area contributed by atoms with E-state index in [0.29, 0.717) is 12.3 Å². The molecule has 2 rings (SSSR count). The zero-order valence-electron chi connectivity index (χ0n) is 11.1. The number of furan rings is 1. The molecule has 0 fully saturated rings. The van der Waals surface area contributed by atoms with Crippen LogP contribution in [0.25, 0.3) is 0 Å². The Morgan fingerprint density at radius 1 is 1.35 bits per heavy atom. The first kappa shape index (κ1) is 14.6. The van der Waals surface area contributed by atoms with Gasteiger partial charge in [0.05, 0.1) is 6.26 Å². The molecular weight excluding hydrogens is 322 g/mol. The fraction of sp³-hybridized carbons (Fsp3) is 0.286. The molecule has 0 radical (unpaired) electrons. The van der Waals surface area contributed by atoms with E-state index >= 15 is 0 Å². The summed E-state index contributed by atoms with van der Waals surface area (Å²) in [6.45, 7) is 3.17. The molecule has 0 aliphatic rings. The van der Waals surface area contributed by atoms with Gasteiger partial charge >= 0.3 is 0 Å². The van der Waals surface area contributed by atoms with Crippen molar-refractivity contribution in [3.8, 4) is 0 Å². The summed E-state index contributed by atoms with van der Waals surface area (Å²) >= 11 is 3.33. The molecule has 2 aromatic heterocycles. The van der Waals surface area contributed by atoms with Gasteiger partial charge in [0.25, 0.3) is 5.91 Å². The van der Waals surface area contributed by atoms with Crippen LogP contribution in [0.5, 0.6) is 0 Å². The molecule has 0 saturated carbocycles. The number of amides is 1. The van der Waals surface area contributed by atoms with Crippen LogP contribution in [0.2, 0.25) is 0 Å². The number of anilines is 1. The van der Waals surface area contributed by atoms with Crippen LogP contribution in [0.15, 0.2) is 39.5 Å². The number of nitrogens with zero attached hydrogens (tertiary/aromatic N) is 1. The van der Waals surface area contributed by atoms with Gasteiger partial charge in [-0.2, -0.15) is 0 Å². The second-order valence-corrected chi connectivity index (χ2v) is 5.25. The van der Waals surface area contributed by atoms with E-state index in [1.165, 1.54) is 6.26 Å². The highest BCUT2D eigenvalue weighted by atomic mass is 79.9. The van der Waals surface area contributed by atoms with Gasteiger partial charge in [0.1, 0.15) is 5.82 Å². The lowest BCUT2D eigenvalue weighted by molar-refractivity contribution is 0.0925. The van der Waals surface area contributed by atoms with Gasteiger partial charge in [-0.15, -0.1) is 0 Å². The van der Waals surface area contributed by atoms with Gasteiger partial charge in [-0.05, 0) is 47.5 Å². The summed E-state index contributed by atoms with van der Waals surface area (Å²) in [5, 5.41) is 6.01. The molecule has 2 N–H and O–H groups in total. The molecule has 0 spiro atoms. The highest BCUT2D eigenvalue weighted by molar-refractivity contribution is 9.10. The molecule has 0 unspecified atom stereocenters. The summed E-state index contributed by atoms with van der Waals surface area (Å²) in [6.07, 6.45) is 4.07. The molecule has 2 aromatic rings. The lowest BCUT2D eigenvalue weighted by Gasteiger charge is -2.06. The van der Waals surface area contributed by atoms with E-state index in [2.05, 4.69) is 31.5 Å². The number of halogens is 1. The molecule has 106 valence electrons. The van der Waals surface area contributed by atoms with E-state index in [1.54, 1.807) is 12.3 Å². The van der Waals surface area contributed by atoms with Crippen LogP contribution in [0.3, 0.4) is 0 Å². The standard InChI is InChI=1S/C14H16BrN3O2/c1-10-5-8-20-13(10)14(19)17-7-2-6-16-12-4-3-11(15)9-18-12/h3-5,8-9H,2,6-7H2,1H3,(H,16,18)(H,17,19). The molecule has 0 aliphatic heterocycles. The smallest absolute Gasteiger partial charge is 0.287 e. The van der Waals surface area contributed by atoms with Crippen LogP contribution >= 0.6 is 15.9 Å². The lowest BCUT2D eigenvalue weighted by Crippen LogP contribution is -2.26. The van der Waals surface area contributed by atoms with Gasteiger partial charge in [0.2, 0.25) is 0 Å². The van der Waals surface area contributed by atoms with Crippen LogP contribution in [0.4, 0.5) is 5.82 Å². The number of carbonyl (C=O) groups is 1. The maximum Gasteiger partial charge on any atom is 0.287 e. The maximum absolute atomic E-state index is 11.8. The average molecular weight is 338 g/mol. The third-order valence-corrected chi connectivity index (χ3v) is 3.21. The zero-order chi connectivity index (χ0) is 14.4. The molecule has 20 heavy (non-hydrogen) atoms. The van der Waals surface area contributed by atoms with Crippen LogP contribution in [-0.4, -0.2) is 24.0 Å². The molecule has 5 nitrogen and oxygen atoms in total. The largest absolute Gasteiger partial charge is 0.459 e. The van der Waals surface area contributed by atoms with Crippen molar-refractivity contribution in [3.63, 3.8) is 0 Å². The topological polar surface area (TPSA) is 67.2 Å². The van der Waals surface area contributed by atoms with Crippen LogP contribution < -0.4 is 10.6 Å². The SMILES string of the molecule is Cc1ccoc1C(=O)NCCCNc1ccc(Br)cn1. The molecular formula is C14H16BrN3O2. The van der Waals surface area contributed by atoms with E-state index < -0.39 is 0 Å². The zero-order valence-corrected chi connectivity index (χ0v) is 12.7. The number of aryl methyl sites for hydroxylation is 1. The minimum absolute atomic E-state index is 0.172. The Labute approximate surface area is 125 Å². The minimum atomic E-state index is -0.172. The number of nitrogens with one attached hydrogen (secondary N) is 2. The number of hydrogen-bond acceptors (Lipinski definition) is 4. The molecule has 0 saturated heterocycles. The fourth-order valence-corrected chi connectivity index (χ4v) is 1.91. The highest BCUT2D eigenvalue weighted by Crippen LogP contribution is 2.10. The van der Waals surface area contributed by atoms with E-state index in [4.69, 9.17) is 4.42 Å². The first-order chi connectivity index (χ1) is 9.66. The molecule has 0 aliphatic carbocycles.